The Morgan fingerprint density at radius 3 is 1.32 bits per heavy atom. The minimum absolute atomic E-state index is 0.0640. The maximum absolute atomic E-state index is 9.96. The van der Waals surface area contributed by atoms with Gasteiger partial charge in [-0.05, 0) is 26.2 Å². The van der Waals surface area contributed by atoms with E-state index in [9.17, 15) is 5.11 Å². The largest absolute Gasteiger partial charge is 0.393 e. The zero-order valence-electron chi connectivity index (χ0n) is 15.4. The van der Waals surface area contributed by atoms with Gasteiger partial charge in [0, 0.05) is 0 Å². The molecule has 0 fully saturated rings. The second kappa shape index (κ2) is 17.3. The zero-order chi connectivity index (χ0) is 16.5. The van der Waals surface area contributed by atoms with Crippen LogP contribution in [0.2, 0.25) is 0 Å². The van der Waals surface area contributed by atoms with Crippen LogP contribution in [0.5, 0.6) is 0 Å². The number of aliphatic hydroxyl groups is 2. The molecule has 0 saturated heterocycles. The third-order valence-electron chi connectivity index (χ3n) is 4.55. The van der Waals surface area contributed by atoms with Crippen molar-refractivity contribution in [2.45, 2.75) is 129 Å². The van der Waals surface area contributed by atoms with E-state index in [1.54, 1.807) is 0 Å². The van der Waals surface area contributed by atoms with Gasteiger partial charge in [-0.2, -0.15) is 0 Å². The van der Waals surface area contributed by atoms with Crippen LogP contribution in [0.3, 0.4) is 0 Å². The monoisotopic (exact) mass is 314 g/mol. The molecule has 2 nitrogen and oxygen atoms in total. The van der Waals surface area contributed by atoms with E-state index in [1.165, 1.54) is 77.0 Å². The summed E-state index contributed by atoms with van der Waals surface area (Å²) in [5.74, 6) is 0. The molecule has 0 amide bonds. The van der Waals surface area contributed by atoms with Crippen molar-refractivity contribution in [3.05, 3.63) is 0 Å². The van der Waals surface area contributed by atoms with Gasteiger partial charge in [0.1, 0.15) is 0 Å². The third kappa shape index (κ3) is 18.0. The number of hydrogen-bond donors (Lipinski definition) is 2. The SMILES string of the molecule is CCCCCCCCCC(O)CCCCCCCCC(C)O. The van der Waals surface area contributed by atoms with E-state index in [-0.39, 0.29) is 12.2 Å². The molecule has 0 rings (SSSR count). The molecule has 0 radical (unpaired) electrons. The van der Waals surface area contributed by atoms with E-state index >= 15 is 0 Å². The van der Waals surface area contributed by atoms with Gasteiger partial charge in [0.05, 0.1) is 12.2 Å². The van der Waals surface area contributed by atoms with Gasteiger partial charge < -0.3 is 10.2 Å². The lowest BCUT2D eigenvalue weighted by Crippen LogP contribution is -2.05. The van der Waals surface area contributed by atoms with Crippen LogP contribution < -0.4 is 0 Å². The van der Waals surface area contributed by atoms with Gasteiger partial charge in [-0.3, -0.25) is 0 Å². The van der Waals surface area contributed by atoms with Crippen LogP contribution in [0.1, 0.15) is 117 Å². The van der Waals surface area contributed by atoms with Gasteiger partial charge in [0.15, 0.2) is 0 Å². The van der Waals surface area contributed by atoms with Crippen LogP contribution in [0.4, 0.5) is 0 Å². The predicted octanol–water partition coefficient (Wildman–Crippen LogP) is 5.99. The Morgan fingerprint density at radius 1 is 0.545 bits per heavy atom. The second-order valence-electron chi connectivity index (χ2n) is 7.11. The van der Waals surface area contributed by atoms with Crippen molar-refractivity contribution in [2.24, 2.45) is 0 Å². The topological polar surface area (TPSA) is 40.5 Å². The highest BCUT2D eigenvalue weighted by molar-refractivity contribution is 4.58. The van der Waals surface area contributed by atoms with Crippen LogP contribution in [-0.2, 0) is 0 Å². The molecule has 0 aromatic carbocycles. The molecule has 2 unspecified atom stereocenters. The lowest BCUT2D eigenvalue weighted by molar-refractivity contribution is 0.147. The Bertz CT molecular complexity index is 204. The van der Waals surface area contributed by atoms with Gasteiger partial charge in [-0.1, -0.05) is 90.4 Å². The van der Waals surface area contributed by atoms with Gasteiger partial charge in [0.25, 0.3) is 0 Å². The first-order valence-corrected chi connectivity index (χ1v) is 10.0. The molecule has 0 heterocycles. The molecule has 0 aliphatic carbocycles. The molecule has 134 valence electrons. The van der Waals surface area contributed by atoms with E-state index in [0.717, 1.165) is 25.7 Å². The molecule has 2 atom stereocenters. The Balaban J connectivity index is 3.14. The summed E-state index contributed by atoms with van der Waals surface area (Å²) in [6, 6.07) is 0. The van der Waals surface area contributed by atoms with Crippen molar-refractivity contribution >= 4 is 0 Å². The minimum Gasteiger partial charge on any atom is -0.393 e. The van der Waals surface area contributed by atoms with Crippen molar-refractivity contribution in [2.75, 3.05) is 0 Å². The van der Waals surface area contributed by atoms with Crippen LogP contribution in [0.25, 0.3) is 0 Å². The fourth-order valence-corrected chi connectivity index (χ4v) is 3.01. The maximum Gasteiger partial charge on any atom is 0.0540 e. The molecule has 0 aromatic rings. The third-order valence-corrected chi connectivity index (χ3v) is 4.55. The molecule has 0 spiro atoms. The first kappa shape index (κ1) is 21.9. The smallest absolute Gasteiger partial charge is 0.0540 e. The first-order valence-electron chi connectivity index (χ1n) is 10.0. The van der Waals surface area contributed by atoms with Crippen LogP contribution in [0, 0.1) is 0 Å². The molecular formula is C20H42O2. The molecule has 0 saturated carbocycles. The second-order valence-corrected chi connectivity index (χ2v) is 7.11. The number of hydrogen-bond acceptors (Lipinski definition) is 2. The molecule has 0 aliphatic heterocycles. The lowest BCUT2D eigenvalue weighted by Gasteiger charge is -2.10. The van der Waals surface area contributed by atoms with E-state index in [0.29, 0.717) is 0 Å². The molecular weight excluding hydrogens is 272 g/mol. The zero-order valence-corrected chi connectivity index (χ0v) is 15.4. The van der Waals surface area contributed by atoms with Crippen molar-refractivity contribution < 1.29 is 10.2 Å². The van der Waals surface area contributed by atoms with Crippen molar-refractivity contribution in [1.29, 1.82) is 0 Å². The molecule has 2 N–H and O–H groups in total. The summed E-state index contributed by atoms with van der Waals surface area (Å²) in [6.07, 6.45) is 19.4. The minimum atomic E-state index is -0.137. The highest BCUT2D eigenvalue weighted by Crippen LogP contribution is 2.14. The van der Waals surface area contributed by atoms with Gasteiger partial charge in [-0.15, -0.1) is 0 Å². The molecule has 22 heavy (non-hydrogen) atoms. The summed E-state index contributed by atoms with van der Waals surface area (Å²) in [5, 5.41) is 19.1. The van der Waals surface area contributed by atoms with Crippen LogP contribution in [0.15, 0.2) is 0 Å². The van der Waals surface area contributed by atoms with E-state index < -0.39 is 0 Å². The van der Waals surface area contributed by atoms with E-state index in [2.05, 4.69) is 6.92 Å². The standard InChI is InChI=1S/C20H42O2/c1-3-4-5-6-7-11-14-17-20(22)18-15-12-9-8-10-13-16-19(2)21/h19-22H,3-18H2,1-2H3. The van der Waals surface area contributed by atoms with Gasteiger partial charge in [0.2, 0.25) is 0 Å². The summed E-state index contributed by atoms with van der Waals surface area (Å²) in [7, 11) is 0. The number of aliphatic hydroxyl groups excluding tert-OH is 2. The summed E-state index contributed by atoms with van der Waals surface area (Å²) in [4.78, 5) is 0. The molecule has 2 heteroatoms. The molecule has 0 aliphatic rings. The van der Waals surface area contributed by atoms with E-state index in [4.69, 9.17) is 5.11 Å². The van der Waals surface area contributed by atoms with Crippen LogP contribution >= 0.6 is 0 Å². The van der Waals surface area contributed by atoms with Gasteiger partial charge >= 0.3 is 0 Å². The fourth-order valence-electron chi connectivity index (χ4n) is 3.01. The Morgan fingerprint density at radius 2 is 0.909 bits per heavy atom. The van der Waals surface area contributed by atoms with Crippen molar-refractivity contribution in [3.8, 4) is 0 Å². The highest BCUT2D eigenvalue weighted by atomic mass is 16.3. The summed E-state index contributed by atoms with van der Waals surface area (Å²) >= 11 is 0. The summed E-state index contributed by atoms with van der Waals surface area (Å²) < 4.78 is 0. The maximum atomic E-state index is 9.96. The quantitative estimate of drug-likeness (QED) is 0.324. The summed E-state index contributed by atoms with van der Waals surface area (Å²) in [6.45, 7) is 4.12. The Labute approximate surface area is 139 Å². The normalized spacial score (nSPS) is 14.2. The average molecular weight is 315 g/mol. The molecule has 0 aromatic heterocycles. The predicted molar refractivity (Wildman–Crippen MR) is 97.2 cm³/mol. The lowest BCUT2D eigenvalue weighted by atomic mass is 10.0. The van der Waals surface area contributed by atoms with E-state index in [1.807, 2.05) is 6.92 Å². The molecule has 0 bridgehead atoms. The van der Waals surface area contributed by atoms with Crippen molar-refractivity contribution in [3.63, 3.8) is 0 Å². The number of unbranched alkanes of at least 4 members (excludes halogenated alkanes) is 11. The van der Waals surface area contributed by atoms with Crippen molar-refractivity contribution in [1.82, 2.24) is 0 Å². The number of rotatable bonds is 17. The summed E-state index contributed by atoms with van der Waals surface area (Å²) in [5.41, 5.74) is 0. The Hall–Kier alpha value is -0.0800. The first-order chi connectivity index (χ1) is 10.7. The average Bonchev–Trinajstić information content (AvgIpc) is 2.48. The fraction of sp³-hybridized carbons (Fsp3) is 1.00. The van der Waals surface area contributed by atoms with Gasteiger partial charge in [-0.25, -0.2) is 0 Å². The Kier molecular flexibility index (Phi) is 17.2. The highest BCUT2D eigenvalue weighted by Gasteiger charge is 2.03. The van der Waals surface area contributed by atoms with Crippen LogP contribution in [-0.4, -0.2) is 22.4 Å².